The number of likely N-dealkylation sites (N-methyl/N-ethyl adjacent to an activating group) is 1. The molecule has 3 aromatic rings. The predicted molar refractivity (Wildman–Crippen MR) is 102 cm³/mol. The molecule has 1 atom stereocenters. The van der Waals surface area contributed by atoms with Gasteiger partial charge < -0.3 is 14.6 Å². The van der Waals surface area contributed by atoms with Crippen LogP contribution in [0.5, 0.6) is 0 Å². The van der Waals surface area contributed by atoms with Crippen LogP contribution in [0.15, 0.2) is 54.7 Å². The van der Waals surface area contributed by atoms with Gasteiger partial charge in [-0.05, 0) is 44.6 Å². The van der Waals surface area contributed by atoms with E-state index in [0.29, 0.717) is 18.2 Å². The Hall–Kier alpha value is -2.66. The van der Waals surface area contributed by atoms with Crippen LogP contribution < -0.4 is 5.32 Å². The van der Waals surface area contributed by atoms with Gasteiger partial charge in [-0.1, -0.05) is 36.4 Å². The average molecular weight is 348 g/mol. The summed E-state index contributed by atoms with van der Waals surface area (Å²) in [6.07, 6.45) is 4.32. The van der Waals surface area contributed by atoms with E-state index in [4.69, 9.17) is 0 Å². The Morgan fingerprint density at radius 2 is 1.92 bits per heavy atom. The van der Waals surface area contributed by atoms with E-state index in [-0.39, 0.29) is 11.9 Å². The lowest BCUT2D eigenvalue weighted by atomic mass is 10.1. The Morgan fingerprint density at radius 3 is 2.62 bits per heavy atom. The molecular weight excluding hydrogens is 324 g/mol. The summed E-state index contributed by atoms with van der Waals surface area (Å²) in [4.78, 5) is 19.7. The van der Waals surface area contributed by atoms with Crippen molar-refractivity contribution >= 4 is 11.4 Å². The Bertz CT molecular complexity index is 912. The summed E-state index contributed by atoms with van der Waals surface area (Å²) in [6, 6.07) is 16.3. The van der Waals surface area contributed by atoms with Crippen LogP contribution in [0, 0.1) is 0 Å². The van der Waals surface area contributed by atoms with Gasteiger partial charge in [0.25, 0.3) is 5.91 Å². The molecule has 0 spiro atoms. The number of nitrogens with zero attached hydrogens (tertiary/aromatic N) is 3. The fraction of sp³-hybridized carbons (Fsp3) is 0.333. The summed E-state index contributed by atoms with van der Waals surface area (Å²) in [6.45, 7) is 0.542. The van der Waals surface area contributed by atoms with Crippen LogP contribution in [0.3, 0.4) is 0 Å². The third kappa shape index (κ3) is 3.22. The van der Waals surface area contributed by atoms with Crippen LogP contribution in [-0.2, 0) is 0 Å². The van der Waals surface area contributed by atoms with Crippen LogP contribution in [0.2, 0.25) is 0 Å². The molecule has 5 heteroatoms. The minimum absolute atomic E-state index is 0.108. The molecule has 1 unspecified atom stereocenters. The lowest BCUT2D eigenvalue weighted by Gasteiger charge is -2.25. The summed E-state index contributed by atoms with van der Waals surface area (Å²) < 4.78 is 2.06. The number of fused-ring (bicyclic) bond motifs is 1. The molecule has 2 aromatic heterocycles. The van der Waals surface area contributed by atoms with Crippen LogP contribution in [-0.4, -0.2) is 40.8 Å². The maximum Gasteiger partial charge on any atom is 0.272 e. The van der Waals surface area contributed by atoms with Crippen molar-refractivity contribution in [2.75, 3.05) is 20.6 Å². The largest absolute Gasteiger partial charge is 0.349 e. The lowest BCUT2D eigenvalue weighted by molar-refractivity contribution is 0.0939. The molecular formula is C21H24N4O. The van der Waals surface area contributed by atoms with E-state index in [1.165, 1.54) is 5.56 Å². The third-order valence-corrected chi connectivity index (χ3v) is 5.00. The van der Waals surface area contributed by atoms with E-state index in [1.807, 2.05) is 56.7 Å². The van der Waals surface area contributed by atoms with Gasteiger partial charge in [-0.25, -0.2) is 4.98 Å². The van der Waals surface area contributed by atoms with E-state index < -0.39 is 0 Å². The highest BCUT2D eigenvalue weighted by Crippen LogP contribution is 2.40. The molecule has 134 valence electrons. The standard InChI is InChI=1S/C21H24N4O/c1-24(2)18(15-8-4-3-5-9-15)14-22-21(26)19-17-10-6-7-13-25(17)20(23-19)16-11-12-16/h3-10,13,16,18H,11-12,14H2,1-2H3,(H,22,26). The van der Waals surface area contributed by atoms with Gasteiger partial charge in [-0.2, -0.15) is 0 Å². The minimum atomic E-state index is -0.108. The molecule has 1 aliphatic rings. The molecule has 1 amide bonds. The number of hydrogen-bond donors (Lipinski definition) is 1. The second kappa shape index (κ2) is 6.92. The molecule has 0 aliphatic heterocycles. The zero-order valence-corrected chi connectivity index (χ0v) is 15.2. The van der Waals surface area contributed by atoms with Crippen LogP contribution in [0.25, 0.3) is 5.52 Å². The summed E-state index contributed by atoms with van der Waals surface area (Å²) in [7, 11) is 4.06. The average Bonchev–Trinajstić information content (AvgIpc) is 3.42. The molecule has 0 bridgehead atoms. The topological polar surface area (TPSA) is 49.6 Å². The van der Waals surface area contributed by atoms with Crippen molar-refractivity contribution < 1.29 is 4.79 Å². The summed E-state index contributed by atoms with van der Waals surface area (Å²) in [5, 5.41) is 3.09. The number of amides is 1. The van der Waals surface area contributed by atoms with Crippen molar-refractivity contribution in [3.8, 4) is 0 Å². The van der Waals surface area contributed by atoms with Gasteiger partial charge in [-0.15, -0.1) is 0 Å². The summed E-state index contributed by atoms with van der Waals surface area (Å²) in [5.41, 5.74) is 2.59. The smallest absolute Gasteiger partial charge is 0.272 e. The van der Waals surface area contributed by atoms with E-state index in [2.05, 4.69) is 31.7 Å². The normalized spacial score (nSPS) is 15.3. The minimum Gasteiger partial charge on any atom is -0.349 e. The molecule has 0 saturated heterocycles. The zero-order chi connectivity index (χ0) is 18.1. The van der Waals surface area contributed by atoms with Crippen LogP contribution >= 0.6 is 0 Å². The second-order valence-corrected chi connectivity index (χ2v) is 7.15. The highest BCUT2D eigenvalue weighted by molar-refractivity contribution is 5.99. The van der Waals surface area contributed by atoms with E-state index in [0.717, 1.165) is 24.2 Å². The van der Waals surface area contributed by atoms with Crippen molar-refractivity contribution in [3.63, 3.8) is 0 Å². The molecule has 2 heterocycles. The Labute approximate surface area is 153 Å². The van der Waals surface area contributed by atoms with Crippen molar-refractivity contribution in [2.45, 2.75) is 24.8 Å². The van der Waals surface area contributed by atoms with Gasteiger partial charge in [0.05, 0.1) is 11.6 Å². The molecule has 4 rings (SSSR count). The Kier molecular flexibility index (Phi) is 4.47. The summed E-state index contributed by atoms with van der Waals surface area (Å²) >= 11 is 0. The fourth-order valence-corrected chi connectivity index (χ4v) is 3.41. The van der Waals surface area contributed by atoms with Crippen LogP contribution in [0.4, 0.5) is 0 Å². The first-order valence-electron chi connectivity index (χ1n) is 9.11. The Balaban J connectivity index is 1.56. The summed E-state index contributed by atoms with van der Waals surface area (Å²) in [5.74, 6) is 1.40. The monoisotopic (exact) mass is 348 g/mol. The molecule has 26 heavy (non-hydrogen) atoms. The van der Waals surface area contributed by atoms with E-state index in [1.54, 1.807) is 0 Å². The van der Waals surface area contributed by atoms with Crippen molar-refractivity contribution in [3.05, 3.63) is 71.8 Å². The highest BCUT2D eigenvalue weighted by atomic mass is 16.1. The molecule has 1 fully saturated rings. The third-order valence-electron chi connectivity index (χ3n) is 5.00. The highest BCUT2D eigenvalue weighted by Gasteiger charge is 2.30. The van der Waals surface area contributed by atoms with E-state index >= 15 is 0 Å². The number of imidazole rings is 1. The van der Waals surface area contributed by atoms with Crippen molar-refractivity contribution in [2.24, 2.45) is 0 Å². The fourth-order valence-electron chi connectivity index (χ4n) is 3.41. The molecule has 5 nitrogen and oxygen atoms in total. The predicted octanol–water partition coefficient (Wildman–Crippen LogP) is 3.24. The van der Waals surface area contributed by atoms with Gasteiger partial charge >= 0.3 is 0 Å². The van der Waals surface area contributed by atoms with Crippen molar-refractivity contribution in [1.82, 2.24) is 19.6 Å². The van der Waals surface area contributed by atoms with Gasteiger partial charge in [0.2, 0.25) is 0 Å². The molecule has 1 aliphatic carbocycles. The van der Waals surface area contributed by atoms with Gasteiger partial charge in [-0.3, -0.25) is 4.79 Å². The second-order valence-electron chi connectivity index (χ2n) is 7.15. The first-order valence-corrected chi connectivity index (χ1v) is 9.11. The number of rotatable bonds is 6. The first-order chi connectivity index (χ1) is 12.6. The van der Waals surface area contributed by atoms with Crippen molar-refractivity contribution in [1.29, 1.82) is 0 Å². The molecule has 1 saturated carbocycles. The quantitative estimate of drug-likeness (QED) is 0.744. The van der Waals surface area contributed by atoms with Gasteiger partial charge in [0.15, 0.2) is 5.69 Å². The number of pyridine rings is 1. The maximum atomic E-state index is 12.9. The first kappa shape index (κ1) is 16.8. The maximum absolute atomic E-state index is 12.9. The molecule has 1 aromatic carbocycles. The van der Waals surface area contributed by atoms with Gasteiger partial charge in [0.1, 0.15) is 5.82 Å². The number of benzene rings is 1. The SMILES string of the molecule is CN(C)C(CNC(=O)c1nc(C2CC2)n2ccccc12)c1ccccc1. The van der Waals surface area contributed by atoms with E-state index in [9.17, 15) is 4.79 Å². The number of aromatic nitrogens is 2. The molecule has 0 radical (unpaired) electrons. The number of carbonyl (C=O) groups is 1. The molecule has 1 N–H and O–H groups in total. The lowest BCUT2D eigenvalue weighted by Crippen LogP contribution is -2.34. The van der Waals surface area contributed by atoms with Gasteiger partial charge in [0, 0.05) is 18.7 Å². The van der Waals surface area contributed by atoms with Crippen LogP contribution in [0.1, 0.15) is 46.7 Å². The Morgan fingerprint density at radius 1 is 1.19 bits per heavy atom. The number of carbonyl (C=O) groups excluding carboxylic acids is 1. The number of hydrogen-bond acceptors (Lipinski definition) is 3. The zero-order valence-electron chi connectivity index (χ0n) is 15.2. The number of nitrogens with one attached hydrogen (secondary N) is 1.